The van der Waals surface area contributed by atoms with Crippen LogP contribution in [0.3, 0.4) is 0 Å². The van der Waals surface area contributed by atoms with E-state index in [2.05, 4.69) is 0 Å². The number of aliphatic carboxylic acids is 2. The summed E-state index contributed by atoms with van der Waals surface area (Å²) in [6.45, 7) is 0. The number of carboxylic acid groups (broad SMARTS) is 2. The Morgan fingerprint density at radius 2 is 1.00 bits per heavy atom. The van der Waals surface area contributed by atoms with Crippen molar-refractivity contribution in [3.63, 3.8) is 0 Å². The minimum absolute atomic E-state index is 0. The number of hydrogen-bond acceptors (Lipinski definition) is 4. The van der Waals surface area contributed by atoms with E-state index in [4.69, 9.17) is 19.8 Å². The molecule has 66 valence electrons. The summed E-state index contributed by atoms with van der Waals surface area (Å²) in [6.07, 6.45) is 0. The average Bonchev–Trinajstić information content (AvgIpc) is 1.36. The number of halogens is 2. The second-order valence-electron chi connectivity index (χ2n) is 0.610. The molecular formula is C2H10ClFN2O4. The Labute approximate surface area is 62.2 Å². The molecule has 10 heavy (non-hydrogen) atoms. The second-order valence-corrected chi connectivity index (χ2v) is 0.610. The van der Waals surface area contributed by atoms with Crippen LogP contribution in [0.4, 0.5) is 4.70 Å². The van der Waals surface area contributed by atoms with Gasteiger partial charge in [0.05, 0.1) is 0 Å². The van der Waals surface area contributed by atoms with Crippen molar-refractivity contribution in [3.8, 4) is 0 Å². The van der Waals surface area contributed by atoms with Gasteiger partial charge in [-0.25, -0.2) is 9.59 Å². The quantitative estimate of drug-likeness (QED) is 0.388. The number of carbonyl (C=O) groups is 2. The fourth-order valence-electron chi connectivity index (χ4n) is 0. The van der Waals surface area contributed by atoms with Gasteiger partial charge < -0.3 is 22.5 Å². The Morgan fingerprint density at radius 3 is 1.00 bits per heavy atom. The van der Waals surface area contributed by atoms with Crippen molar-refractivity contribution in [3.05, 3.63) is 0 Å². The summed E-state index contributed by atoms with van der Waals surface area (Å²) in [7, 11) is 0. The first-order chi connectivity index (χ1) is 2.64. The Bertz CT molecular complexity index is 87.3. The van der Waals surface area contributed by atoms with Crippen LogP contribution in [0.1, 0.15) is 0 Å². The first-order valence-electron chi connectivity index (χ1n) is 1.11. The Balaban J connectivity index is -0.0000000208. The van der Waals surface area contributed by atoms with Crippen LogP contribution in [0.15, 0.2) is 0 Å². The molecule has 0 fully saturated rings. The molecule has 8 heteroatoms. The predicted molar refractivity (Wildman–Crippen MR) is 35.1 cm³/mol. The van der Waals surface area contributed by atoms with E-state index in [1.165, 1.54) is 0 Å². The maximum absolute atomic E-state index is 9.10. The molecule has 0 aromatic rings. The molecule has 0 aromatic heterocycles. The van der Waals surface area contributed by atoms with Gasteiger partial charge >= 0.3 is 11.9 Å². The van der Waals surface area contributed by atoms with Crippen molar-refractivity contribution in [2.24, 2.45) is 0 Å². The van der Waals surface area contributed by atoms with Gasteiger partial charge in [0, 0.05) is 0 Å². The molecule has 0 aliphatic carbocycles. The minimum Gasteiger partial charge on any atom is -0.473 e. The highest BCUT2D eigenvalue weighted by molar-refractivity contribution is 6.27. The molecule has 0 rings (SSSR count). The highest BCUT2D eigenvalue weighted by atomic mass is 35.5. The Morgan fingerprint density at radius 1 is 0.900 bits per heavy atom. The summed E-state index contributed by atoms with van der Waals surface area (Å²) in [5.74, 6) is -3.65. The maximum atomic E-state index is 9.10. The van der Waals surface area contributed by atoms with Crippen molar-refractivity contribution in [1.29, 1.82) is 0 Å². The van der Waals surface area contributed by atoms with Crippen LogP contribution in [0, 0.1) is 0 Å². The van der Waals surface area contributed by atoms with Gasteiger partial charge in [0.15, 0.2) is 0 Å². The molecule has 0 aliphatic heterocycles. The molecule has 0 heterocycles. The summed E-state index contributed by atoms with van der Waals surface area (Å²) in [4.78, 5) is 18.2. The molecule has 8 N–H and O–H groups in total. The van der Waals surface area contributed by atoms with Crippen molar-refractivity contribution in [1.82, 2.24) is 12.3 Å². The van der Waals surface area contributed by atoms with Crippen LogP contribution in [0.5, 0.6) is 0 Å². The lowest BCUT2D eigenvalue weighted by atomic mass is 10.7. The molecular weight excluding hydrogens is 170 g/mol. The molecule has 0 saturated carbocycles. The van der Waals surface area contributed by atoms with E-state index in [1.54, 1.807) is 0 Å². The van der Waals surface area contributed by atoms with Crippen molar-refractivity contribution in [2.45, 2.75) is 0 Å². The zero-order valence-corrected chi connectivity index (χ0v) is 5.76. The van der Waals surface area contributed by atoms with E-state index >= 15 is 0 Å². The first-order valence-corrected chi connectivity index (χ1v) is 1.11. The average molecular weight is 181 g/mol. The molecule has 0 aliphatic rings. The van der Waals surface area contributed by atoms with Gasteiger partial charge in [-0.2, -0.15) is 0 Å². The van der Waals surface area contributed by atoms with E-state index in [1.807, 2.05) is 0 Å². The molecule has 0 bridgehead atoms. The van der Waals surface area contributed by atoms with E-state index < -0.39 is 11.9 Å². The Hall–Kier alpha value is -0.920. The van der Waals surface area contributed by atoms with Gasteiger partial charge in [0.2, 0.25) is 0 Å². The molecule has 0 unspecified atom stereocenters. The van der Waals surface area contributed by atoms with Crippen LogP contribution >= 0.6 is 12.4 Å². The van der Waals surface area contributed by atoms with E-state index in [0.717, 1.165) is 0 Å². The molecule has 0 aromatic carbocycles. The standard InChI is InChI=1S/C2H2O4.ClH.FH.2H3N/c3-1(4)2(5)6;;;;/h(H,3,4)(H,5,6);2*1H;2*1H3. The topological polar surface area (TPSA) is 145 Å². The Kier molecular flexibility index (Phi) is 55.9. The largest absolute Gasteiger partial charge is 0.473 e. The summed E-state index contributed by atoms with van der Waals surface area (Å²) < 4.78 is 0. The van der Waals surface area contributed by atoms with Gasteiger partial charge in [0.1, 0.15) is 0 Å². The van der Waals surface area contributed by atoms with Gasteiger partial charge in [-0.15, -0.1) is 12.4 Å². The second kappa shape index (κ2) is 15.7. The first kappa shape index (κ1) is 35.6. The van der Waals surface area contributed by atoms with Gasteiger partial charge in [-0.3, -0.25) is 4.70 Å². The fraction of sp³-hybridized carbons (Fsp3) is 0. The SMILES string of the molecule is Cl.F.N.N.O=C(O)C(=O)O. The van der Waals surface area contributed by atoms with Crippen LogP contribution in [0.2, 0.25) is 0 Å². The van der Waals surface area contributed by atoms with Crippen molar-refractivity contribution < 1.29 is 24.5 Å². The molecule has 6 nitrogen and oxygen atoms in total. The predicted octanol–water partition coefficient (Wildman–Crippen LogP) is 0.0539. The zero-order valence-electron chi connectivity index (χ0n) is 4.94. The monoisotopic (exact) mass is 180 g/mol. The summed E-state index contributed by atoms with van der Waals surface area (Å²) in [5.41, 5.74) is 0. The number of rotatable bonds is 0. The lowest BCUT2D eigenvalue weighted by Gasteiger charge is -1.72. The van der Waals surface area contributed by atoms with E-state index in [-0.39, 0.29) is 29.4 Å². The summed E-state index contributed by atoms with van der Waals surface area (Å²) in [5, 5.41) is 14.8. The third-order valence-corrected chi connectivity index (χ3v) is 0.183. The highest BCUT2D eigenvalue weighted by Gasteiger charge is 2.04. The maximum Gasteiger partial charge on any atom is 0.414 e. The minimum atomic E-state index is -1.82. The van der Waals surface area contributed by atoms with Crippen molar-refractivity contribution >= 4 is 24.3 Å². The van der Waals surface area contributed by atoms with Crippen molar-refractivity contribution in [2.75, 3.05) is 0 Å². The van der Waals surface area contributed by atoms with E-state index in [9.17, 15) is 0 Å². The van der Waals surface area contributed by atoms with Gasteiger partial charge in [-0.05, 0) is 0 Å². The van der Waals surface area contributed by atoms with Crippen LogP contribution in [-0.4, -0.2) is 22.2 Å². The fourth-order valence-corrected chi connectivity index (χ4v) is 0. The lowest BCUT2D eigenvalue weighted by molar-refractivity contribution is -0.159. The summed E-state index contributed by atoms with van der Waals surface area (Å²) >= 11 is 0. The van der Waals surface area contributed by atoms with Gasteiger partial charge in [0.25, 0.3) is 0 Å². The van der Waals surface area contributed by atoms with Gasteiger partial charge in [-0.1, -0.05) is 0 Å². The zero-order chi connectivity index (χ0) is 5.15. The number of carboxylic acids is 2. The van der Waals surface area contributed by atoms with Crippen LogP contribution in [0.25, 0.3) is 0 Å². The highest BCUT2D eigenvalue weighted by Crippen LogP contribution is 1.56. The molecule has 0 amide bonds. The lowest BCUT2D eigenvalue weighted by Crippen LogP contribution is -2.09. The molecule has 0 atom stereocenters. The summed E-state index contributed by atoms with van der Waals surface area (Å²) in [6, 6.07) is 0. The van der Waals surface area contributed by atoms with Crippen LogP contribution < -0.4 is 12.3 Å². The smallest absolute Gasteiger partial charge is 0.414 e. The van der Waals surface area contributed by atoms with E-state index in [0.29, 0.717) is 0 Å². The molecule has 0 spiro atoms. The number of hydrogen-bond donors (Lipinski definition) is 4. The molecule has 0 radical (unpaired) electrons. The third kappa shape index (κ3) is 27.6. The third-order valence-electron chi connectivity index (χ3n) is 0.183. The molecule has 0 saturated heterocycles. The normalized spacial score (nSPS) is 4.40. The van der Waals surface area contributed by atoms with Crippen LogP contribution in [-0.2, 0) is 9.59 Å².